The van der Waals surface area contributed by atoms with Crippen LogP contribution in [0.1, 0.15) is 15.9 Å². The summed E-state index contributed by atoms with van der Waals surface area (Å²) in [5.41, 5.74) is -0.183. The minimum Gasteiger partial charge on any atom is -0.438 e. The van der Waals surface area contributed by atoms with Crippen molar-refractivity contribution >= 4 is 11.8 Å². The van der Waals surface area contributed by atoms with Crippen LogP contribution in [0.3, 0.4) is 0 Å². The number of amides is 2. The Labute approximate surface area is 186 Å². The van der Waals surface area contributed by atoms with Crippen molar-refractivity contribution in [2.45, 2.75) is 6.18 Å². The van der Waals surface area contributed by atoms with Crippen LogP contribution in [0.4, 0.5) is 17.6 Å². The van der Waals surface area contributed by atoms with Crippen LogP contribution in [0.15, 0.2) is 60.8 Å². The Bertz CT molecular complexity index is 1160. The summed E-state index contributed by atoms with van der Waals surface area (Å²) in [5.74, 6) is -1.41. The Morgan fingerprint density at radius 3 is 2.36 bits per heavy atom. The number of halogens is 4. The second-order valence-corrected chi connectivity index (χ2v) is 7.18. The van der Waals surface area contributed by atoms with Crippen molar-refractivity contribution in [2.24, 2.45) is 0 Å². The number of benzene rings is 2. The van der Waals surface area contributed by atoms with Crippen LogP contribution >= 0.6 is 0 Å². The predicted molar refractivity (Wildman–Crippen MR) is 112 cm³/mol. The van der Waals surface area contributed by atoms with E-state index in [1.165, 1.54) is 35.4 Å². The van der Waals surface area contributed by atoms with Crippen LogP contribution < -0.4 is 10.1 Å². The molecule has 0 saturated carbocycles. The van der Waals surface area contributed by atoms with Gasteiger partial charge in [0.1, 0.15) is 11.6 Å². The zero-order valence-corrected chi connectivity index (χ0v) is 17.6. The number of carbonyl (C=O) groups excluding carboxylic acids is 2. The molecule has 2 amide bonds. The molecule has 33 heavy (non-hydrogen) atoms. The van der Waals surface area contributed by atoms with Gasteiger partial charge in [0.15, 0.2) is 0 Å². The quantitative estimate of drug-likeness (QED) is 0.548. The molecule has 0 saturated heterocycles. The average Bonchev–Trinajstić information content (AvgIpc) is 2.77. The largest absolute Gasteiger partial charge is 0.438 e. The van der Waals surface area contributed by atoms with Crippen LogP contribution in [-0.4, -0.2) is 42.3 Å². The van der Waals surface area contributed by atoms with E-state index < -0.39 is 23.5 Å². The fourth-order valence-corrected chi connectivity index (χ4v) is 2.76. The molecule has 0 radical (unpaired) electrons. The molecule has 0 atom stereocenters. The van der Waals surface area contributed by atoms with E-state index in [0.717, 1.165) is 24.3 Å². The highest BCUT2D eigenvalue weighted by Crippen LogP contribution is 2.34. The van der Waals surface area contributed by atoms with Gasteiger partial charge >= 0.3 is 6.18 Å². The number of likely N-dealkylation sites (N-methyl/N-ethyl adjacent to an activating group) is 1. The Morgan fingerprint density at radius 2 is 1.76 bits per heavy atom. The third-order valence-corrected chi connectivity index (χ3v) is 4.54. The van der Waals surface area contributed by atoms with Gasteiger partial charge in [-0.1, -0.05) is 12.1 Å². The molecule has 0 aliphatic carbocycles. The smallest absolute Gasteiger partial charge is 0.416 e. The highest BCUT2D eigenvalue weighted by molar-refractivity contribution is 5.97. The number of rotatable bonds is 6. The van der Waals surface area contributed by atoms with Crippen molar-refractivity contribution in [1.82, 2.24) is 15.2 Å². The van der Waals surface area contributed by atoms with Gasteiger partial charge in [-0.15, -0.1) is 0 Å². The lowest BCUT2D eigenvalue weighted by Gasteiger charge is -2.14. The minimum absolute atomic E-state index is 0.0405. The van der Waals surface area contributed by atoms with Crippen molar-refractivity contribution < 1.29 is 31.9 Å². The predicted octanol–water partition coefficient (Wildman–Crippen LogP) is 4.52. The lowest BCUT2D eigenvalue weighted by atomic mass is 10.0. The fourth-order valence-electron chi connectivity index (χ4n) is 2.76. The van der Waals surface area contributed by atoms with Gasteiger partial charge < -0.3 is 15.0 Å². The van der Waals surface area contributed by atoms with E-state index in [0.29, 0.717) is 5.56 Å². The van der Waals surface area contributed by atoms with E-state index in [1.807, 2.05) is 0 Å². The van der Waals surface area contributed by atoms with E-state index in [2.05, 4.69) is 10.3 Å². The lowest BCUT2D eigenvalue weighted by Crippen LogP contribution is -2.36. The summed E-state index contributed by atoms with van der Waals surface area (Å²) < 4.78 is 57.9. The van der Waals surface area contributed by atoms with Crippen molar-refractivity contribution in [3.05, 3.63) is 77.7 Å². The SMILES string of the molecule is CN(C)C(=O)CNC(=O)c1cnc(Oc2ccc(C(F)(F)F)cc2)c(-c2cccc(F)c2)c1. The molecule has 3 aromatic rings. The standard InChI is InChI=1S/C23H19F4N3O3/c1-30(2)20(31)13-28-21(32)15-11-19(14-4-3-5-17(24)10-14)22(29-12-15)33-18-8-6-16(7-9-18)23(25,26)27/h3-12H,13H2,1-2H3,(H,28,32). The van der Waals surface area contributed by atoms with Gasteiger partial charge in [0.2, 0.25) is 11.8 Å². The molecular weight excluding hydrogens is 442 g/mol. The molecule has 0 bridgehead atoms. The van der Waals surface area contributed by atoms with E-state index >= 15 is 0 Å². The third-order valence-electron chi connectivity index (χ3n) is 4.54. The first kappa shape index (κ1) is 23.7. The first-order chi connectivity index (χ1) is 15.5. The summed E-state index contributed by atoms with van der Waals surface area (Å²) in [6, 6.07) is 10.8. The monoisotopic (exact) mass is 461 g/mol. The highest BCUT2D eigenvalue weighted by atomic mass is 19.4. The zero-order valence-electron chi connectivity index (χ0n) is 17.6. The summed E-state index contributed by atoms with van der Waals surface area (Å²) in [4.78, 5) is 29.6. The molecule has 0 spiro atoms. The Kier molecular flexibility index (Phi) is 6.95. The molecule has 1 heterocycles. The van der Waals surface area contributed by atoms with Crippen molar-refractivity contribution in [2.75, 3.05) is 20.6 Å². The number of nitrogens with one attached hydrogen (secondary N) is 1. The van der Waals surface area contributed by atoms with Gasteiger partial charge in [0, 0.05) is 25.9 Å². The fraction of sp³-hybridized carbons (Fsp3) is 0.174. The summed E-state index contributed by atoms with van der Waals surface area (Å²) in [6.07, 6.45) is -3.30. The average molecular weight is 461 g/mol. The van der Waals surface area contributed by atoms with Gasteiger partial charge in [0.25, 0.3) is 5.91 Å². The van der Waals surface area contributed by atoms with Crippen LogP contribution in [-0.2, 0) is 11.0 Å². The van der Waals surface area contributed by atoms with Gasteiger partial charge in [-0.2, -0.15) is 13.2 Å². The number of alkyl halides is 3. The minimum atomic E-state index is -4.49. The Morgan fingerprint density at radius 1 is 1.06 bits per heavy atom. The van der Waals surface area contributed by atoms with Crippen LogP contribution in [0, 0.1) is 5.82 Å². The normalized spacial score (nSPS) is 11.1. The molecule has 0 unspecified atom stereocenters. The van der Waals surface area contributed by atoms with E-state index in [1.54, 1.807) is 20.2 Å². The highest BCUT2D eigenvalue weighted by Gasteiger charge is 2.30. The second-order valence-electron chi connectivity index (χ2n) is 7.18. The first-order valence-electron chi connectivity index (χ1n) is 9.64. The van der Waals surface area contributed by atoms with Crippen molar-refractivity contribution in [3.8, 4) is 22.8 Å². The van der Waals surface area contributed by atoms with Gasteiger partial charge in [-0.05, 0) is 48.0 Å². The molecule has 10 heteroatoms. The molecule has 172 valence electrons. The topological polar surface area (TPSA) is 71.5 Å². The number of ether oxygens (including phenoxy) is 1. The van der Waals surface area contributed by atoms with Crippen molar-refractivity contribution in [1.29, 1.82) is 0 Å². The molecular formula is C23H19F4N3O3. The number of nitrogens with zero attached hydrogens (tertiary/aromatic N) is 2. The molecule has 1 aromatic heterocycles. The Hall–Kier alpha value is -3.95. The van der Waals surface area contributed by atoms with E-state index in [9.17, 15) is 27.2 Å². The maximum Gasteiger partial charge on any atom is 0.416 e. The van der Waals surface area contributed by atoms with Crippen LogP contribution in [0.2, 0.25) is 0 Å². The molecule has 3 rings (SSSR count). The molecule has 0 aliphatic heterocycles. The summed E-state index contributed by atoms with van der Waals surface area (Å²) in [6.45, 7) is -0.231. The zero-order chi connectivity index (χ0) is 24.2. The van der Waals surface area contributed by atoms with Gasteiger partial charge in [-0.25, -0.2) is 9.37 Å². The van der Waals surface area contributed by atoms with E-state index in [4.69, 9.17) is 4.74 Å². The van der Waals surface area contributed by atoms with Gasteiger partial charge in [0.05, 0.1) is 17.7 Å². The van der Waals surface area contributed by atoms with Crippen molar-refractivity contribution in [3.63, 3.8) is 0 Å². The summed E-state index contributed by atoms with van der Waals surface area (Å²) in [7, 11) is 3.09. The number of hydrogen-bond donors (Lipinski definition) is 1. The second kappa shape index (κ2) is 9.68. The molecule has 0 aliphatic rings. The summed E-state index contributed by atoms with van der Waals surface area (Å²) in [5, 5.41) is 2.47. The molecule has 6 nitrogen and oxygen atoms in total. The van der Waals surface area contributed by atoms with E-state index in [-0.39, 0.29) is 35.2 Å². The number of carbonyl (C=O) groups is 2. The maximum absolute atomic E-state index is 13.8. The lowest BCUT2D eigenvalue weighted by molar-refractivity contribution is -0.137. The molecule has 1 N–H and O–H groups in total. The molecule has 2 aromatic carbocycles. The maximum atomic E-state index is 13.8. The van der Waals surface area contributed by atoms with Crippen LogP contribution in [0.5, 0.6) is 11.6 Å². The third kappa shape index (κ3) is 6.06. The first-order valence-corrected chi connectivity index (χ1v) is 9.64. The number of pyridine rings is 1. The number of hydrogen-bond acceptors (Lipinski definition) is 4. The van der Waals surface area contributed by atoms with Gasteiger partial charge in [-0.3, -0.25) is 9.59 Å². The summed E-state index contributed by atoms with van der Waals surface area (Å²) >= 11 is 0. The van der Waals surface area contributed by atoms with Crippen LogP contribution in [0.25, 0.3) is 11.1 Å². The Balaban J connectivity index is 1.93. The number of aromatic nitrogens is 1. The molecule has 0 fully saturated rings.